The fraction of sp³-hybridized carbons (Fsp3) is 1.00. The van der Waals surface area contributed by atoms with Gasteiger partial charge in [-0.1, -0.05) is 0 Å². The predicted octanol–water partition coefficient (Wildman–Crippen LogP) is 9.45. The van der Waals surface area contributed by atoms with Crippen LogP contribution in [0.2, 0.25) is 0 Å². The van der Waals surface area contributed by atoms with Crippen LogP contribution in [0.25, 0.3) is 0 Å². The molecular formula is C21H15F36O6P. The third-order valence-corrected chi connectivity index (χ3v) is 6.42. The van der Waals surface area contributed by atoms with Crippen molar-refractivity contribution >= 4 is 8.60 Å². The fourth-order valence-electron chi connectivity index (χ4n) is 2.62. The van der Waals surface area contributed by atoms with Crippen molar-refractivity contribution in [2.75, 3.05) is 19.8 Å². The maximum Gasteiger partial charge on any atom is 0.384 e. The van der Waals surface area contributed by atoms with Crippen molar-refractivity contribution in [2.45, 2.75) is 108 Å². The van der Waals surface area contributed by atoms with Gasteiger partial charge in [-0.05, 0) is 0 Å². The summed E-state index contributed by atoms with van der Waals surface area (Å²) in [5, 5.41) is 23.2. The number of aliphatic hydroxyl groups is 3. The number of hydrogen-bond donors (Lipinski definition) is 6. The van der Waals surface area contributed by atoms with Crippen LogP contribution >= 0.6 is 8.60 Å². The van der Waals surface area contributed by atoms with Gasteiger partial charge in [0.25, 0.3) is 0 Å². The third-order valence-electron chi connectivity index (χ3n) is 6.42. The van der Waals surface area contributed by atoms with E-state index < -0.39 is 137 Å². The van der Waals surface area contributed by atoms with Crippen LogP contribution in [0.1, 0.15) is 0 Å². The van der Waals surface area contributed by atoms with Crippen LogP contribution in [0, 0.1) is 0 Å². The molecule has 0 rings (SSSR count). The van der Waals surface area contributed by atoms with Crippen LogP contribution in [-0.2, 0) is 0 Å². The topological polar surface area (TPSA) is 121 Å². The summed E-state index contributed by atoms with van der Waals surface area (Å²) in [5.74, 6) is -107. The molecule has 0 radical (unpaired) electrons. The lowest BCUT2D eigenvalue weighted by Gasteiger charge is -2.38. The highest BCUT2D eigenvalue weighted by Gasteiger charge is 2.90. The minimum absolute atomic E-state index is 2.62. The predicted molar refractivity (Wildman–Crippen MR) is 127 cm³/mol. The molecule has 0 aromatic rings. The van der Waals surface area contributed by atoms with Crippen molar-refractivity contribution in [3.05, 3.63) is 0 Å². The average Bonchev–Trinajstić information content (AvgIpc) is 3.10. The molecule has 0 heterocycles. The number of aliphatic hydroxyl groups excluding tert-OH is 3. The Hall–Kier alpha value is -2.33. The molecule has 0 atom stereocenters. The number of rotatable bonds is 18. The van der Waals surface area contributed by atoms with Gasteiger partial charge >= 0.3 is 117 Å². The number of alkyl halides is 36. The van der Waals surface area contributed by atoms with Crippen LogP contribution in [0.3, 0.4) is 0 Å². The van der Waals surface area contributed by atoms with E-state index in [9.17, 15) is 158 Å². The normalized spacial score (nSPS) is 15.5. The van der Waals surface area contributed by atoms with E-state index >= 15 is 0 Å². The first-order chi connectivity index (χ1) is 27.2. The summed E-state index contributed by atoms with van der Waals surface area (Å²) >= 11 is 0. The molecule has 0 bridgehead atoms. The van der Waals surface area contributed by atoms with Gasteiger partial charge in [0, 0.05) is 0 Å². The van der Waals surface area contributed by atoms with Gasteiger partial charge in [-0.25, -0.2) is 26.3 Å². The molecule has 0 aliphatic rings. The molecule has 0 aromatic carbocycles. The van der Waals surface area contributed by atoms with E-state index in [1.165, 1.54) is 0 Å². The standard InChI is InChI=1S/3C7H4F12O.H3O3P/c3*8-2(9)4(12,13)6(16,17)7(18,19)5(14,15)3(10,11)1-20;1-4(2)3/h3*2,20H,1H2;1-3H. The zero-order valence-electron chi connectivity index (χ0n) is 28.1. The summed E-state index contributed by atoms with van der Waals surface area (Å²) < 4.78 is 443. The van der Waals surface area contributed by atoms with Gasteiger partial charge in [0.1, 0.15) is 19.8 Å². The van der Waals surface area contributed by atoms with Crippen LogP contribution in [0.15, 0.2) is 0 Å². The fourth-order valence-corrected chi connectivity index (χ4v) is 2.62. The zero-order chi connectivity index (χ0) is 53.9. The second kappa shape index (κ2) is 20.5. The van der Waals surface area contributed by atoms with Crippen LogP contribution < -0.4 is 0 Å². The van der Waals surface area contributed by atoms with Gasteiger partial charge < -0.3 is 30.0 Å². The molecule has 0 saturated carbocycles. The molecular weight excluding hydrogens is 1060 g/mol. The average molecular weight is 1080 g/mol. The van der Waals surface area contributed by atoms with Crippen LogP contribution in [-0.4, -0.2) is 158 Å². The first kappa shape index (κ1) is 68.3. The first-order valence-electron chi connectivity index (χ1n) is 13.5. The number of halogens is 36. The Labute approximate surface area is 326 Å². The Morgan fingerprint density at radius 1 is 0.250 bits per heavy atom. The monoisotopic (exact) mass is 1080 g/mol. The SMILES string of the molecule is OCC(F)(F)C(F)(F)C(F)(F)C(F)(F)C(F)(F)C(F)F.OCC(F)(F)C(F)(F)C(F)(F)C(F)(F)C(F)(F)C(F)F.OCC(F)(F)C(F)(F)C(F)(F)C(F)(F)C(F)(F)C(F)F.OP(O)O. The smallest absolute Gasteiger partial charge is 0.384 e. The first-order valence-corrected chi connectivity index (χ1v) is 14.7. The van der Waals surface area contributed by atoms with E-state index in [2.05, 4.69) is 0 Å². The summed E-state index contributed by atoms with van der Waals surface area (Å²) in [7, 11) is -2.62. The van der Waals surface area contributed by atoms with E-state index in [-0.39, 0.29) is 0 Å². The summed E-state index contributed by atoms with van der Waals surface area (Å²) in [6, 6.07) is 0. The van der Waals surface area contributed by atoms with Crippen molar-refractivity contribution in [2.24, 2.45) is 0 Å². The highest BCUT2D eigenvalue weighted by molar-refractivity contribution is 7.38. The zero-order valence-corrected chi connectivity index (χ0v) is 29.0. The van der Waals surface area contributed by atoms with E-state index in [4.69, 9.17) is 30.0 Å². The largest absolute Gasteiger partial charge is 0.390 e. The van der Waals surface area contributed by atoms with E-state index in [0.29, 0.717) is 0 Å². The summed E-state index contributed by atoms with van der Waals surface area (Å²) in [4.78, 5) is 21.7. The Bertz CT molecular complexity index is 1270. The van der Waals surface area contributed by atoms with E-state index in [0.717, 1.165) is 0 Å². The molecule has 0 amide bonds. The Morgan fingerprint density at radius 2 is 0.359 bits per heavy atom. The molecule has 392 valence electrons. The molecule has 0 aliphatic heterocycles. The highest BCUT2D eigenvalue weighted by atomic mass is 31.2. The Morgan fingerprint density at radius 3 is 0.438 bits per heavy atom. The van der Waals surface area contributed by atoms with Gasteiger partial charge in [-0.3, -0.25) is 0 Å². The third kappa shape index (κ3) is 11.7. The molecule has 0 saturated heterocycles. The minimum Gasteiger partial charge on any atom is -0.390 e. The lowest BCUT2D eigenvalue weighted by Crippen LogP contribution is -2.69. The second-order valence-corrected chi connectivity index (χ2v) is 11.3. The molecule has 6 N–H and O–H groups in total. The quantitative estimate of drug-likeness (QED) is 0.0602. The molecule has 0 aliphatic carbocycles. The molecule has 6 nitrogen and oxygen atoms in total. The van der Waals surface area contributed by atoms with Gasteiger partial charge in [-0.2, -0.15) is 132 Å². The lowest BCUT2D eigenvalue weighted by molar-refractivity contribution is -0.414. The van der Waals surface area contributed by atoms with Crippen LogP contribution in [0.5, 0.6) is 0 Å². The minimum atomic E-state index is -7.56. The summed E-state index contributed by atoms with van der Waals surface area (Å²) in [6.07, 6.45) is -16.6. The van der Waals surface area contributed by atoms with Crippen molar-refractivity contribution in [3.63, 3.8) is 0 Å². The van der Waals surface area contributed by atoms with Crippen molar-refractivity contribution in [3.8, 4) is 0 Å². The number of hydrogen-bond acceptors (Lipinski definition) is 6. The van der Waals surface area contributed by atoms with Crippen LogP contribution in [0.4, 0.5) is 158 Å². The summed E-state index contributed by atoms with van der Waals surface area (Å²) in [5.41, 5.74) is 0. The highest BCUT2D eigenvalue weighted by Crippen LogP contribution is 2.61. The second-order valence-electron chi connectivity index (χ2n) is 10.8. The van der Waals surface area contributed by atoms with Crippen molar-refractivity contribution < 1.29 is 188 Å². The van der Waals surface area contributed by atoms with E-state index in [1.54, 1.807) is 0 Å². The lowest BCUT2D eigenvalue weighted by atomic mass is 9.95. The molecule has 0 unspecified atom stereocenters. The molecule has 0 spiro atoms. The maximum atomic E-state index is 12.6. The van der Waals surface area contributed by atoms with Crippen molar-refractivity contribution in [1.29, 1.82) is 0 Å². The van der Waals surface area contributed by atoms with Gasteiger partial charge in [0.2, 0.25) is 0 Å². The van der Waals surface area contributed by atoms with Gasteiger partial charge in [0.05, 0.1) is 0 Å². The van der Waals surface area contributed by atoms with Gasteiger partial charge in [-0.15, -0.1) is 0 Å². The Kier molecular flexibility index (Phi) is 21.9. The van der Waals surface area contributed by atoms with Gasteiger partial charge in [0.15, 0.2) is 0 Å². The molecule has 0 aromatic heterocycles. The van der Waals surface area contributed by atoms with E-state index in [1.807, 2.05) is 0 Å². The maximum absolute atomic E-state index is 12.6. The summed E-state index contributed by atoms with van der Waals surface area (Å²) in [6.45, 7) is -9.32. The molecule has 43 heteroatoms. The van der Waals surface area contributed by atoms with Crippen molar-refractivity contribution in [1.82, 2.24) is 0 Å². The molecule has 0 fully saturated rings. The Balaban J connectivity index is -0.000000404. The molecule has 64 heavy (non-hydrogen) atoms.